The number of nitrogens with one attached hydrogen (secondary N) is 2. The summed E-state index contributed by atoms with van der Waals surface area (Å²) in [5.74, 6) is -8.34. The van der Waals surface area contributed by atoms with Crippen molar-refractivity contribution < 1.29 is 111 Å². The number of urea groups is 1. The first kappa shape index (κ1) is 69.6. The number of nitrogens with zero attached hydrogens (tertiary/aromatic N) is 2. The van der Waals surface area contributed by atoms with Crippen LogP contribution in [0.2, 0.25) is 0 Å². The van der Waals surface area contributed by atoms with Gasteiger partial charge >= 0.3 is 36.0 Å². The van der Waals surface area contributed by atoms with Gasteiger partial charge in [-0.2, -0.15) is 0 Å². The van der Waals surface area contributed by atoms with Crippen LogP contribution in [0, 0.1) is 22.7 Å². The third-order valence-electron chi connectivity index (χ3n) is 18.8. The third kappa shape index (κ3) is 14.2. The summed E-state index contributed by atoms with van der Waals surface area (Å²) < 4.78 is 60.0. The van der Waals surface area contributed by atoms with Crippen LogP contribution in [-0.2, 0) is 71.3 Å². The summed E-state index contributed by atoms with van der Waals surface area (Å²) in [6.45, 7) is 9.24. The minimum Gasteiger partial charge on any atom is -0.456 e. The summed E-state index contributed by atoms with van der Waals surface area (Å²) in [6, 6.07) is 21.9. The number of esters is 4. The van der Waals surface area contributed by atoms with E-state index in [0.717, 1.165) is 18.7 Å². The fourth-order valence-electron chi connectivity index (χ4n) is 13.9. The van der Waals surface area contributed by atoms with Gasteiger partial charge in [-0.05, 0) is 54.8 Å². The lowest BCUT2D eigenvalue weighted by molar-refractivity contribution is -0.345. The number of carbonyl (C=O) groups is 9. The van der Waals surface area contributed by atoms with Gasteiger partial charge < -0.3 is 78.4 Å². The predicted octanol–water partition coefficient (Wildman–Crippen LogP) is 2.89. The molecular weight excluding hydrogens is 1220 g/mol. The number of hydrogen-bond donors (Lipinski definition) is 6. The molecule has 2 bridgehead atoms. The Balaban J connectivity index is 0.920. The monoisotopic (exact) mass is 1300 g/mol. The number of Topliss-reactive ketones (excluding diaryl/α,β-unsaturated/α-hetero) is 1. The van der Waals surface area contributed by atoms with Gasteiger partial charge in [0.2, 0.25) is 5.91 Å². The molecule has 3 aromatic carbocycles. The van der Waals surface area contributed by atoms with Crippen LogP contribution in [0.3, 0.4) is 0 Å². The molecule has 3 heterocycles. The first-order chi connectivity index (χ1) is 44.3. The number of rotatable bonds is 25. The van der Waals surface area contributed by atoms with Crippen LogP contribution in [-0.4, -0.2) is 223 Å². The lowest BCUT2D eigenvalue weighted by atomic mass is 9.44. The number of amides is 5. The Hall–Kier alpha value is -7.73. The largest absolute Gasteiger partial charge is 0.456 e. The number of fused-ring (bicyclic) bond motifs is 5. The lowest BCUT2D eigenvalue weighted by Crippen LogP contribution is -2.82. The Morgan fingerprint density at radius 1 is 0.774 bits per heavy atom. The average molecular weight is 1300 g/mol. The Morgan fingerprint density at radius 3 is 1.98 bits per heavy atom. The van der Waals surface area contributed by atoms with Gasteiger partial charge in [-0.3, -0.25) is 33.8 Å². The molecule has 93 heavy (non-hydrogen) atoms. The van der Waals surface area contributed by atoms with Gasteiger partial charge in [0.25, 0.3) is 5.91 Å². The zero-order chi connectivity index (χ0) is 67.2. The van der Waals surface area contributed by atoms with E-state index in [1.54, 1.807) is 85.8 Å². The predicted molar refractivity (Wildman–Crippen MR) is 322 cm³/mol. The molecule has 9 rings (SSSR count). The molecule has 3 aromatic rings. The van der Waals surface area contributed by atoms with Crippen molar-refractivity contribution in [1.29, 1.82) is 0 Å². The molecular formula is C66H82N4O23. The number of alkyl carbamates (subject to hydrolysis) is 1. The number of hydrogen-bond acceptors (Lipinski definition) is 23. The van der Waals surface area contributed by atoms with Gasteiger partial charge in [0.05, 0.1) is 94.4 Å². The molecule has 504 valence electrons. The van der Waals surface area contributed by atoms with Crippen LogP contribution in [0.25, 0.3) is 0 Å². The zero-order valence-corrected chi connectivity index (χ0v) is 52.9. The molecule has 6 aliphatic rings. The number of aliphatic hydroxyl groups excluding tert-OH is 3. The van der Waals surface area contributed by atoms with Crippen LogP contribution < -0.4 is 10.6 Å². The van der Waals surface area contributed by atoms with E-state index in [1.807, 2.05) is 0 Å². The van der Waals surface area contributed by atoms with Crippen molar-refractivity contribution in [2.45, 2.75) is 140 Å². The Morgan fingerprint density at radius 2 is 1.39 bits per heavy atom. The Labute approximate surface area is 537 Å². The molecule has 3 unspecified atom stereocenters. The summed E-state index contributed by atoms with van der Waals surface area (Å²) in [5, 5.41) is 51.2. The summed E-state index contributed by atoms with van der Waals surface area (Å²) in [5.41, 5.74) is -7.96. The van der Waals surface area contributed by atoms with Crippen LogP contribution in [0.4, 0.5) is 9.59 Å². The highest BCUT2D eigenvalue weighted by molar-refractivity contribution is 5.98. The van der Waals surface area contributed by atoms with Gasteiger partial charge in [-0.25, -0.2) is 19.2 Å². The standard InChI is InChI=1S/C66H82N4O23/c1-37-34-70(49-31-44(74)46(35-71)89-49)62(82)69(58(37)78)24-26-85-28-30-86-29-27-84-25-23-67-61(81)91-47-32-48-65(36-87-48,93-40(4)73)54-56(92-59(79)43-21-15-10-16-22-43)66(83)33-45(38(2)50(63(66,5)6)53(88-39(3)72)55(76)64(47,54)7)90-60(80)52(75)51(41-17-11-8-12-18-41)68-57(77)42-19-13-9-14-20-42/h8-22,37,44-49,51-54,56,71,74-75,83H,23-36H2,1-7H3,(H,67,81)(H,68,77)/t37?,44?,45-,46-,47-,48+,49-,51-,52+,53+,54-,56-,64?,65-,66+/m0/s1. The maximum Gasteiger partial charge on any atom is 0.407 e. The summed E-state index contributed by atoms with van der Waals surface area (Å²) >= 11 is 0. The summed E-state index contributed by atoms with van der Waals surface area (Å²) in [7, 11) is 0. The molecule has 5 amide bonds. The van der Waals surface area contributed by atoms with Crippen molar-refractivity contribution in [3.63, 3.8) is 0 Å². The Bertz CT molecular complexity index is 3260. The van der Waals surface area contributed by atoms with E-state index in [1.165, 1.54) is 44.7 Å². The van der Waals surface area contributed by atoms with Gasteiger partial charge in [0, 0.05) is 57.2 Å². The highest BCUT2D eigenvalue weighted by Crippen LogP contribution is 2.65. The molecule has 0 spiro atoms. The number of aliphatic hydroxyl groups is 4. The van der Waals surface area contributed by atoms with E-state index < -0.39 is 162 Å². The lowest BCUT2D eigenvalue weighted by Gasteiger charge is -2.67. The van der Waals surface area contributed by atoms with E-state index in [2.05, 4.69) is 10.6 Å². The number of carbonyl (C=O) groups excluding carboxylic acids is 9. The van der Waals surface area contributed by atoms with Crippen molar-refractivity contribution >= 4 is 53.6 Å². The van der Waals surface area contributed by atoms with E-state index in [4.69, 9.17) is 47.4 Å². The highest BCUT2D eigenvalue weighted by atomic mass is 16.6. The topological polar surface area (TPSA) is 357 Å². The molecule has 15 atom stereocenters. The van der Waals surface area contributed by atoms with Crippen LogP contribution in [0.15, 0.2) is 102 Å². The zero-order valence-electron chi connectivity index (χ0n) is 52.9. The van der Waals surface area contributed by atoms with E-state index in [9.17, 15) is 58.8 Å². The molecule has 27 heteroatoms. The fraction of sp³-hybridized carbons (Fsp3) is 0.561. The van der Waals surface area contributed by atoms with Crippen molar-refractivity contribution in [3.05, 3.63) is 119 Å². The molecule has 6 N–H and O–H groups in total. The molecule has 2 saturated carbocycles. The van der Waals surface area contributed by atoms with Gasteiger partial charge in [0.15, 0.2) is 23.6 Å². The highest BCUT2D eigenvalue weighted by Gasteiger charge is 2.79. The van der Waals surface area contributed by atoms with Crippen molar-refractivity contribution in [3.8, 4) is 0 Å². The smallest absolute Gasteiger partial charge is 0.407 e. The minimum atomic E-state index is -2.54. The van der Waals surface area contributed by atoms with E-state index in [0.29, 0.717) is 5.56 Å². The molecule has 3 saturated heterocycles. The normalized spacial score (nSPS) is 30.2. The Kier molecular flexibility index (Phi) is 21.9. The fourth-order valence-corrected chi connectivity index (χ4v) is 13.9. The van der Waals surface area contributed by atoms with Gasteiger partial charge in [0.1, 0.15) is 42.3 Å². The summed E-state index contributed by atoms with van der Waals surface area (Å²) in [4.78, 5) is 129. The molecule has 27 nitrogen and oxygen atoms in total. The molecule has 0 radical (unpaired) electrons. The number of benzene rings is 3. The maximum absolute atomic E-state index is 16.4. The second kappa shape index (κ2) is 29.3. The second-order valence-corrected chi connectivity index (χ2v) is 24.9. The van der Waals surface area contributed by atoms with Crippen LogP contribution >= 0.6 is 0 Å². The number of imide groups is 1. The molecule has 3 aliphatic heterocycles. The summed E-state index contributed by atoms with van der Waals surface area (Å²) in [6.07, 6.45) is -14.9. The van der Waals surface area contributed by atoms with E-state index in [-0.39, 0.29) is 100 Å². The minimum absolute atomic E-state index is 0.00171. The van der Waals surface area contributed by atoms with Crippen molar-refractivity contribution in [2.75, 3.05) is 72.5 Å². The van der Waals surface area contributed by atoms with Crippen molar-refractivity contribution in [2.24, 2.45) is 22.7 Å². The second-order valence-electron chi connectivity index (χ2n) is 24.9. The molecule has 3 aliphatic carbocycles. The number of ether oxygens (including phenoxy) is 10. The van der Waals surface area contributed by atoms with Crippen LogP contribution in [0.5, 0.6) is 0 Å². The molecule has 0 aromatic heterocycles. The van der Waals surface area contributed by atoms with E-state index >= 15 is 4.79 Å². The third-order valence-corrected chi connectivity index (χ3v) is 18.8. The average Bonchev–Trinajstić information content (AvgIpc) is 0.946. The van der Waals surface area contributed by atoms with Crippen molar-refractivity contribution in [1.82, 2.24) is 20.4 Å². The van der Waals surface area contributed by atoms with Crippen LogP contribution in [0.1, 0.15) is 100 Å². The van der Waals surface area contributed by atoms with Gasteiger partial charge in [-0.15, -0.1) is 0 Å². The van der Waals surface area contributed by atoms with Gasteiger partial charge in [-0.1, -0.05) is 87.5 Å². The molecule has 5 fully saturated rings. The maximum atomic E-state index is 16.4. The number of ketones is 1. The quantitative estimate of drug-likeness (QED) is 0.0307. The SMILES string of the molecule is CC(=O)O[C@H]1C(=O)C2(C)[C@@H](OC(=O)NCCOCCOCCOCCN3C(=O)C(C)CN([C@@H]4CC(O)[C@H](CO)O4)C3=O)C[C@H]3OC[C@@]3(OC(C)=O)[C@H]2[C@H](OC(=O)c2ccccc2)[C@]2(O)C[C@H](OC(=O)[C@H](O)[C@@H](NC(=O)c3ccccc3)c3ccccc3)C(C)=C1C2(C)C. The first-order valence-corrected chi connectivity index (χ1v) is 31.0. The first-order valence-electron chi connectivity index (χ1n) is 31.0.